The Hall–Kier alpha value is -2.80. The van der Waals surface area contributed by atoms with Gasteiger partial charge < -0.3 is 9.40 Å². The van der Waals surface area contributed by atoms with Crippen molar-refractivity contribution < 1.29 is 4.42 Å². The first-order valence-electron chi connectivity index (χ1n) is 10.4. The molecule has 0 fully saturated rings. The van der Waals surface area contributed by atoms with Crippen LogP contribution in [0.1, 0.15) is 44.8 Å². The second-order valence-electron chi connectivity index (χ2n) is 7.53. The van der Waals surface area contributed by atoms with Crippen LogP contribution >= 0.6 is 11.6 Å². The third kappa shape index (κ3) is 4.07. The summed E-state index contributed by atoms with van der Waals surface area (Å²) in [6, 6.07) is 9.95. The van der Waals surface area contributed by atoms with Crippen LogP contribution in [0.5, 0.6) is 0 Å². The first-order chi connectivity index (χ1) is 14.6. The first-order valence-corrected chi connectivity index (χ1v) is 10.8. The van der Waals surface area contributed by atoms with Gasteiger partial charge in [0.25, 0.3) is 5.56 Å². The van der Waals surface area contributed by atoms with Crippen molar-refractivity contribution in [1.29, 1.82) is 0 Å². The SMILES string of the molecule is CCCCCn1c(=O)n(CCCCc2cc3ccccc3o2)c(=O)c2[nH]c(Cl)nc21. The van der Waals surface area contributed by atoms with Crippen LogP contribution in [-0.4, -0.2) is 19.1 Å². The Morgan fingerprint density at radius 3 is 2.63 bits per heavy atom. The highest BCUT2D eigenvalue weighted by molar-refractivity contribution is 6.28. The summed E-state index contributed by atoms with van der Waals surface area (Å²) >= 11 is 5.98. The molecule has 0 spiro atoms. The zero-order valence-corrected chi connectivity index (χ0v) is 17.7. The molecule has 4 aromatic rings. The molecule has 8 heteroatoms. The molecule has 1 aromatic carbocycles. The lowest BCUT2D eigenvalue weighted by Crippen LogP contribution is -2.40. The van der Waals surface area contributed by atoms with E-state index in [2.05, 4.69) is 16.9 Å². The van der Waals surface area contributed by atoms with Crippen LogP contribution in [0, 0.1) is 0 Å². The maximum atomic E-state index is 13.0. The Morgan fingerprint density at radius 2 is 1.83 bits per heavy atom. The fourth-order valence-electron chi connectivity index (χ4n) is 3.79. The predicted octanol–water partition coefficient (Wildman–Crippen LogP) is 4.50. The van der Waals surface area contributed by atoms with Crippen molar-refractivity contribution in [2.45, 2.75) is 58.5 Å². The monoisotopic (exact) mass is 428 g/mol. The Morgan fingerprint density at radius 1 is 1.07 bits per heavy atom. The normalized spacial score (nSPS) is 11.7. The molecule has 0 unspecified atom stereocenters. The summed E-state index contributed by atoms with van der Waals surface area (Å²) in [5, 5.41) is 1.20. The van der Waals surface area contributed by atoms with Crippen LogP contribution in [0.15, 0.2) is 44.3 Å². The molecule has 0 radical (unpaired) electrons. The molecule has 3 heterocycles. The second kappa shape index (κ2) is 8.92. The number of imidazole rings is 1. The van der Waals surface area contributed by atoms with E-state index in [1.165, 1.54) is 4.57 Å². The molecule has 1 N–H and O–H groups in total. The minimum atomic E-state index is -0.370. The number of H-pyrrole nitrogens is 1. The molecule has 0 bridgehead atoms. The van der Waals surface area contributed by atoms with E-state index >= 15 is 0 Å². The van der Waals surface area contributed by atoms with Gasteiger partial charge in [-0.15, -0.1) is 0 Å². The van der Waals surface area contributed by atoms with E-state index in [1.54, 1.807) is 4.57 Å². The van der Waals surface area contributed by atoms with Crippen LogP contribution in [0.3, 0.4) is 0 Å². The summed E-state index contributed by atoms with van der Waals surface area (Å²) in [5.41, 5.74) is 0.804. The largest absolute Gasteiger partial charge is 0.461 e. The standard InChI is InChI=1S/C22H25ClN4O3/c1-2-3-7-12-26-19-18(24-21(23)25-19)20(28)27(22(26)29)13-8-6-10-16-14-15-9-4-5-11-17(15)30-16/h4-5,9,11,14H,2-3,6-8,10,12-13H2,1H3,(H,24,25). The molecule has 0 saturated carbocycles. The number of para-hydroxylation sites is 1. The number of fused-ring (bicyclic) bond motifs is 2. The summed E-state index contributed by atoms with van der Waals surface area (Å²) in [4.78, 5) is 32.8. The minimum Gasteiger partial charge on any atom is -0.461 e. The van der Waals surface area contributed by atoms with E-state index in [9.17, 15) is 9.59 Å². The van der Waals surface area contributed by atoms with Crippen LogP contribution < -0.4 is 11.2 Å². The topological polar surface area (TPSA) is 85.8 Å². The third-order valence-electron chi connectivity index (χ3n) is 5.35. The number of benzene rings is 1. The highest BCUT2D eigenvalue weighted by atomic mass is 35.5. The maximum Gasteiger partial charge on any atom is 0.332 e. The number of aromatic amines is 1. The molecular formula is C22H25ClN4O3. The highest BCUT2D eigenvalue weighted by Crippen LogP contribution is 2.20. The van der Waals surface area contributed by atoms with E-state index in [4.69, 9.17) is 16.0 Å². The van der Waals surface area contributed by atoms with Gasteiger partial charge in [-0.1, -0.05) is 38.0 Å². The average Bonchev–Trinajstić information content (AvgIpc) is 3.33. The molecule has 0 amide bonds. The molecule has 158 valence electrons. The van der Waals surface area contributed by atoms with Crippen LogP contribution in [-0.2, 0) is 19.5 Å². The minimum absolute atomic E-state index is 0.119. The van der Waals surface area contributed by atoms with Gasteiger partial charge in [0, 0.05) is 24.9 Å². The van der Waals surface area contributed by atoms with E-state index in [0.29, 0.717) is 25.2 Å². The number of aryl methyl sites for hydroxylation is 2. The Balaban J connectivity index is 1.51. The molecule has 4 rings (SSSR count). The van der Waals surface area contributed by atoms with E-state index < -0.39 is 0 Å². The zero-order valence-electron chi connectivity index (χ0n) is 17.0. The number of unbranched alkanes of at least 4 members (excludes halogenated alkanes) is 3. The lowest BCUT2D eigenvalue weighted by atomic mass is 10.2. The van der Waals surface area contributed by atoms with Crippen molar-refractivity contribution >= 4 is 33.7 Å². The molecule has 0 saturated heterocycles. The summed E-state index contributed by atoms with van der Waals surface area (Å²) in [7, 11) is 0. The third-order valence-corrected chi connectivity index (χ3v) is 5.53. The lowest BCUT2D eigenvalue weighted by Gasteiger charge is -2.11. The number of rotatable bonds is 9. The van der Waals surface area contributed by atoms with Gasteiger partial charge in [-0.2, -0.15) is 4.98 Å². The number of aromatic nitrogens is 4. The predicted molar refractivity (Wildman–Crippen MR) is 118 cm³/mol. The van der Waals surface area contributed by atoms with Gasteiger partial charge in [-0.05, 0) is 43.0 Å². The molecule has 0 aliphatic heterocycles. The average molecular weight is 429 g/mol. The molecule has 0 aliphatic rings. The molecule has 0 atom stereocenters. The van der Waals surface area contributed by atoms with Crippen molar-refractivity contribution in [3.63, 3.8) is 0 Å². The number of hydrogen-bond acceptors (Lipinski definition) is 4. The van der Waals surface area contributed by atoms with Gasteiger partial charge in [-0.3, -0.25) is 13.9 Å². The Kier molecular flexibility index (Phi) is 6.08. The van der Waals surface area contributed by atoms with Gasteiger partial charge in [-0.25, -0.2) is 4.79 Å². The molecule has 30 heavy (non-hydrogen) atoms. The number of nitrogens with one attached hydrogen (secondary N) is 1. The second-order valence-corrected chi connectivity index (χ2v) is 7.89. The fourth-order valence-corrected chi connectivity index (χ4v) is 3.96. The summed E-state index contributed by atoms with van der Waals surface area (Å²) < 4.78 is 8.70. The Labute approximate surface area is 178 Å². The Bertz CT molecular complexity index is 1250. The van der Waals surface area contributed by atoms with Crippen molar-refractivity contribution in [1.82, 2.24) is 19.1 Å². The number of halogens is 1. The van der Waals surface area contributed by atoms with E-state index in [0.717, 1.165) is 48.8 Å². The van der Waals surface area contributed by atoms with E-state index in [-0.39, 0.29) is 22.0 Å². The van der Waals surface area contributed by atoms with Crippen molar-refractivity contribution in [3.05, 3.63) is 62.2 Å². The highest BCUT2D eigenvalue weighted by Gasteiger charge is 2.16. The first kappa shape index (κ1) is 20.5. The quantitative estimate of drug-likeness (QED) is 0.314. The van der Waals surface area contributed by atoms with Gasteiger partial charge in [0.2, 0.25) is 5.28 Å². The van der Waals surface area contributed by atoms with Gasteiger partial charge in [0.15, 0.2) is 11.2 Å². The molecule has 7 nitrogen and oxygen atoms in total. The van der Waals surface area contributed by atoms with Gasteiger partial charge >= 0.3 is 5.69 Å². The lowest BCUT2D eigenvalue weighted by molar-refractivity contribution is 0.496. The molecule has 0 aliphatic carbocycles. The van der Waals surface area contributed by atoms with Gasteiger partial charge in [0.05, 0.1) is 0 Å². The summed E-state index contributed by atoms with van der Waals surface area (Å²) in [6.07, 6.45) is 5.15. The van der Waals surface area contributed by atoms with Crippen LogP contribution in [0.25, 0.3) is 22.1 Å². The zero-order chi connectivity index (χ0) is 21.1. The fraction of sp³-hybridized carbons (Fsp3) is 0.409. The number of nitrogens with zero attached hydrogens (tertiary/aromatic N) is 3. The van der Waals surface area contributed by atoms with Gasteiger partial charge in [0.1, 0.15) is 11.3 Å². The molecular weight excluding hydrogens is 404 g/mol. The maximum absolute atomic E-state index is 13.0. The smallest absolute Gasteiger partial charge is 0.332 e. The van der Waals surface area contributed by atoms with Crippen molar-refractivity contribution in [2.75, 3.05) is 0 Å². The van der Waals surface area contributed by atoms with Crippen LogP contribution in [0.2, 0.25) is 5.28 Å². The van der Waals surface area contributed by atoms with E-state index in [1.807, 2.05) is 30.3 Å². The van der Waals surface area contributed by atoms with Crippen molar-refractivity contribution in [3.8, 4) is 0 Å². The summed E-state index contributed by atoms with van der Waals surface area (Å²) in [6.45, 7) is 2.97. The van der Waals surface area contributed by atoms with Crippen molar-refractivity contribution in [2.24, 2.45) is 0 Å². The molecule has 3 aromatic heterocycles. The summed E-state index contributed by atoms with van der Waals surface area (Å²) in [5.74, 6) is 0.913. The number of furan rings is 1. The number of hydrogen-bond donors (Lipinski definition) is 1. The van der Waals surface area contributed by atoms with Crippen LogP contribution in [0.4, 0.5) is 0 Å².